The summed E-state index contributed by atoms with van der Waals surface area (Å²) < 4.78 is 21.9. The molecular weight excluding hydrogens is 612 g/mol. The lowest BCUT2D eigenvalue weighted by atomic mass is 9.95. The summed E-state index contributed by atoms with van der Waals surface area (Å²) >= 11 is 1.24. The van der Waals surface area contributed by atoms with E-state index in [9.17, 15) is 19.2 Å². The Morgan fingerprint density at radius 3 is 2.41 bits per heavy atom. The van der Waals surface area contributed by atoms with E-state index in [0.29, 0.717) is 59.4 Å². The van der Waals surface area contributed by atoms with Crippen molar-refractivity contribution in [3.8, 4) is 28.4 Å². The lowest BCUT2D eigenvalue weighted by molar-refractivity contribution is -0.119. The van der Waals surface area contributed by atoms with Crippen LogP contribution in [-0.4, -0.2) is 57.8 Å². The molecule has 1 heterocycles. The van der Waals surface area contributed by atoms with E-state index in [2.05, 4.69) is 20.9 Å². The van der Waals surface area contributed by atoms with Crippen LogP contribution in [-0.2, 0) is 20.7 Å². The largest absolute Gasteiger partial charge is 0.493 e. The van der Waals surface area contributed by atoms with Gasteiger partial charge in [-0.25, -0.2) is 9.78 Å². The molecule has 0 saturated carbocycles. The molecule has 1 atom stereocenters. The highest BCUT2D eigenvalue weighted by Crippen LogP contribution is 2.50. The Morgan fingerprint density at radius 1 is 1.04 bits per heavy atom. The van der Waals surface area contributed by atoms with Crippen LogP contribution in [0.2, 0.25) is 0 Å². The van der Waals surface area contributed by atoms with Crippen LogP contribution in [0.4, 0.5) is 10.8 Å². The van der Waals surface area contributed by atoms with Crippen molar-refractivity contribution in [2.24, 2.45) is 0 Å². The van der Waals surface area contributed by atoms with Gasteiger partial charge in [0.15, 0.2) is 22.3 Å². The number of aromatic nitrogens is 1. The number of fused-ring (bicyclic) bond motifs is 3. The fourth-order valence-electron chi connectivity index (χ4n) is 5.53. The quantitative estimate of drug-likeness (QED) is 0.179. The molecular formula is C33H40N4O8S. The number of rotatable bonds is 12. The van der Waals surface area contributed by atoms with Gasteiger partial charge in [0.2, 0.25) is 23.0 Å². The third-order valence-corrected chi connectivity index (χ3v) is 8.89. The lowest BCUT2D eigenvalue weighted by Gasteiger charge is -2.19. The van der Waals surface area contributed by atoms with E-state index >= 15 is 0 Å². The topological polar surface area (TPSA) is 154 Å². The van der Waals surface area contributed by atoms with Crippen LogP contribution in [0.25, 0.3) is 11.1 Å². The number of thiazole rings is 1. The zero-order chi connectivity index (χ0) is 33.5. The predicted molar refractivity (Wildman–Crippen MR) is 177 cm³/mol. The van der Waals surface area contributed by atoms with Crippen LogP contribution in [0.5, 0.6) is 17.2 Å². The molecule has 246 valence electrons. The van der Waals surface area contributed by atoms with Crippen molar-refractivity contribution in [2.75, 3.05) is 45.6 Å². The molecule has 0 radical (unpaired) electrons. The number of esters is 1. The van der Waals surface area contributed by atoms with Crippen molar-refractivity contribution in [2.45, 2.75) is 58.4 Å². The summed E-state index contributed by atoms with van der Waals surface area (Å²) in [5, 5.41) is 9.25. The fraction of sp³-hybridized carbons (Fsp3) is 0.424. The van der Waals surface area contributed by atoms with Gasteiger partial charge in [-0.1, -0.05) is 19.9 Å². The van der Waals surface area contributed by atoms with Gasteiger partial charge in [-0.05, 0) is 60.1 Å². The average Bonchev–Trinajstić information content (AvgIpc) is 3.31. The molecule has 12 nitrogen and oxygen atoms in total. The number of benzene rings is 1. The highest BCUT2D eigenvalue weighted by Gasteiger charge is 2.29. The Kier molecular flexibility index (Phi) is 11.2. The summed E-state index contributed by atoms with van der Waals surface area (Å²) in [6.07, 6.45) is 1.74. The Hall–Kier alpha value is -4.65. The number of nitrogens with one attached hydrogen (secondary N) is 3. The maximum absolute atomic E-state index is 13.5. The van der Waals surface area contributed by atoms with E-state index < -0.39 is 12.0 Å². The minimum Gasteiger partial charge on any atom is -0.493 e. The monoisotopic (exact) mass is 652 g/mol. The van der Waals surface area contributed by atoms with Crippen LogP contribution in [0.3, 0.4) is 0 Å². The second kappa shape index (κ2) is 15.1. The van der Waals surface area contributed by atoms with Gasteiger partial charge in [-0.3, -0.25) is 14.4 Å². The molecule has 2 amide bonds. The molecule has 4 rings (SSSR count). The van der Waals surface area contributed by atoms with Crippen molar-refractivity contribution < 1.29 is 33.3 Å². The molecule has 0 unspecified atom stereocenters. The van der Waals surface area contributed by atoms with Crippen LogP contribution in [0.1, 0.15) is 78.5 Å². The lowest BCUT2D eigenvalue weighted by Crippen LogP contribution is -2.26. The van der Waals surface area contributed by atoms with E-state index in [4.69, 9.17) is 18.9 Å². The van der Waals surface area contributed by atoms with Crippen LogP contribution < -0.4 is 35.6 Å². The molecule has 1 aliphatic carbocycles. The average molecular weight is 653 g/mol. The molecule has 46 heavy (non-hydrogen) atoms. The van der Waals surface area contributed by atoms with Gasteiger partial charge in [-0.15, -0.1) is 11.3 Å². The second-order valence-corrected chi connectivity index (χ2v) is 12.1. The number of carbonyl (C=O) groups is 3. The molecule has 3 aromatic rings. The predicted octanol–water partition coefficient (Wildman–Crippen LogP) is 5.06. The summed E-state index contributed by atoms with van der Waals surface area (Å²) in [6, 6.07) is 6.57. The molecule has 3 N–H and O–H groups in total. The Morgan fingerprint density at radius 2 is 1.78 bits per heavy atom. The van der Waals surface area contributed by atoms with E-state index in [1.54, 1.807) is 26.4 Å². The van der Waals surface area contributed by atoms with Gasteiger partial charge < -0.3 is 34.9 Å². The summed E-state index contributed by atoms with van der Waals surface area (Å²) in [4.78, 5) is 55.4. The zero-order valence-electron chi connectivity index (χ0n) is 27.1. The summed E-state index contributed by atoms with van der Waals surface area (Å²) in [7, 11) is 5.93. The Labute approximate surface area is 271 Å². The Balaban J connectivity index is 1.57. The third-order valence-electron chi connectivity index (χ3n) is 7.61. The number of hydrogen-bond donors (Lipinski definition) is 3. The van der Waals surface area contributed by atoms with Crippen LogP contribution in [0, 0.1) is 0 Å². The van der Waals surface area contributed by atoms with Crippen molar-refractivity contribution >= 4 is 39.9 Å². The number of ether oxygens (including phenoxy) is 4. The highest BCUT2D eigenvalue weighted by atomic mass is 32.1. The number of nitrogens with zero attached hydrogens (tertiary/aromatic N) is 1. The zero-order valence-corrected chi connectivity index (χ0v) is 27.9. The fourth-order valence-corrected chi connectivity index (χ4v) is 6.50. The number of methoxy groups -OCH3 is 4. The van der Waals surface area contributed by atoms with Gasteiger partial charge in [0.05, 0.1) is 40.2 Å². The summed E-state index contributed by atoms with van der Waals surface area (Å²) in [5.41, 5.74) is 3.37. The van der Waals surface area contributed by atoms with Gasteiger partial charge in [0.1, 0.15) is 0 Å². The summed E-state index contributed by atoms with van der Waals surface area (Å²) in [6.45, 7) is 5.67. The van der Waals surface area contributed by atoms with Crippen molar-refractivity contribution in [1.29, 1.82) is 0 Å². The molecule has 0 aliphatic heterocycles. The van der Waals surface area contributed by atoms with Crippen LogP contribution in [0.15, 0.2) is 29.1 Å². The van der Waals surface area contributed by atoms with Gasteiger partial charge in [0, 0.05) is 30.3 Å². The molecule has 1 aromatic heterocycles. The first kappa shape index (κ1) is 34.2. The van der Waals surface area contributed by atoms with Crippen molar-refractivity contribution in [3.63, 3.8) is 0 Å². The first-order valence-electron chi connectivity index (χ1n) is 14.9. The van der Waals surface area contributed by atoms with Gasteiger partial charge in [-0.2, -0.15) is 0 Å². The number of amides is 2. The SMILES string of the molecule is COC(=O)c1nc(NC(=O)CCCNc2ccc3c(cc2=O)[C@@H](NC(C)=O)CCc2cc(OC)c(OC)c(OC)c2-3)sc1C(C)C. The smallest absolute Gasteiger partial charge is 0.357 e. The van der Waals surface area contributed by atoms with Crippen molar-refractivity contribution in [3.05, 3.63) is 56.2 Å². The number of hydrogen-bond acceptors (Lipinski definition) is 11. The highest BCUT2D eigenvalue weighted by molar-refractivity contribution is 7.16. The number of carbonyl (C=O) groups excluding carboxylic acids is 3. The van der Waals surface area contributed by atoms with Gasteiger partial charge in [0.25, 0.3) is 0 Å². The minimum absolute atomic E-state index is 0.0397. The number of aryl methyl sites for hydroxylation is 1. The second-order valence-electron chi connectivity index (χ2n) is 11.1. The van der Waals surface area contributed by atoms with E-state index in [1.165, 1.54) is 32.5 Å². The molecule has 1 aliphatic rings. The van der Waals surface area contributed by atoms with Crippen molar-refractivity contribution in [1.82, 2.24) is 10.3 Å². The molecule has 0 fully saturated rings. The molecule has 2 aromatic carbocycles. The maximum Gasteiger partial charge on any atom is 0.357 e. The normalized spacial score (nSPS) is 13.5. The van der Waals surface area contributed by atoms with E-state index in [1.807, 2.05) is 26.0 Å². The first-order chi connectivity index (χ1) is 22.0. The third kappa shape index (κ3) is 7.41. The van der Waals surface area contributed by atoms with Crippen LogP contribution >= 0.6 is 11.3 Å². The minimum atomic E-state index is -0.546. The molecule has 0 spiro atoms. The first-order valence-corrected chi connectivity index (χ1v) is 15.7. The summed E-state index contributed by atoms with van der Waals surface area (Å²) in [5.74, 6) is 0.444. The van der Waals surface area contributed by atoms with Gasteiger partial charge >= 0.3 is 5.97 Å². The molecule has 0 bridgehead atoms. The molecule has 13 heteroatoms. The van der Waals surface area contributed by atoms with E-state index in [-0.39, 0.29) is 35.3 Å². The maximum atomic E-state index is 13.5. The molecule has 0 saturated heterocycles. The standard InChI is InChI=1S/C33H40N4O8S/c1-17(2)31-28(32(41)45-7)37-33(46-31)36-26(40)9-8-14-34-23-13-11-20-21(16-24(23)39)22(35-18(3)38)12-10-19-15-25(42-4)29(43-5)30(44-6)27(19)20/h11,13,15-17,22H,8-10,12,14H2,1-7H3,(H,34,39)(H,35,38)(H,36,37,40)/t22-/m0/s1. The van der Waals surface area contributed by atoms with E-state index in [0.717, 1.165) is 21.6 Å². The number of anilines is 2. The Bertz CT molecular complexity index is 1690.